The number of carbonyl (C=O) groups is 3. The van der Waals surface area contributed by atoms with Crippen LogP contribution in [0.2, 0.25) is 0 Å². The number of carbonyl (C=O) groups excluding carboxylic acids is 2. The summed E-state index contributed by atoms with van der Waals surface area (Å²) in [6.45, 7) is 10.5. The molecular weight excluding hydrogens is 326 g/mol. The van der Waals surface area contributed by atoms with Crippen LogP contribution in [0.5, 0.6) is 0 Å². The van der Waals surface area contributed by atoms with E-state index in [0.717, 1.165) is 12.8 Å². The first-order chi connectivity index (χ1) is 11.6. The van der Waals surface area contributed by atoms with Crippen molar-refractivity contribution in [2.24, 2.45) is 0 Å². The first-order valence-electron chi connectivity index (χ1n) is 8.61. The van der Waals surface area contributed by atoms with Gasteiger partial charge in [-0.1, -0.05) is 25.8 Å². The van der Waals surface area contributed by atoms with E-state index in [-0.39, 0.29) is 13.0 Å². The number of alkyl carbamates (subject to hydrolysis) is 1. The number of hydrogen-bond donors (Lipinski definition) is 2. The minimum Gasteiger partial charge on any atom is -0.479 e. The summed E-state index contributed by atoms with van der Waals surface area (Å²) in [5, 5.41) is 11.8. The van der Waals surface area contributed by atoms with Crippen molar-refractivity contribution >= 4 is 18.0 Å². The number of ether oxygens (including phenoxy) is 2. The van der Waals surface area contributed by atoms with Gasteiger partial charge in [0.25, 0.3) is 0 Å². The second-order valence-corrected chi connectivity index (χ2v) is 6.86. The largest absolute Gasteiger partial charge is 0.479 e. The second kappa shape index (κ2) is 10.7. The molecule has 0 spiro atoms. The van der Waals surface area contributed by atoms with Crippen LogP contribution in [0.4, 0.5) is 4.79 Å². The Kier molecular flexibility index (Phi) is 9.86. The van der Waals surface area contributed by atoms with Gasteiger partial charge >= 0.3 is 18.0 Å². The van der Waals surface area contributed by atoms with E-state index in [9.17, 15) is 19.5 Å². The number of carboxylic acid groups (broad SMARTS) is 1. The highest BCUT2D eigenvalue weighted by Crippen LogP contribution is 2.19. The third kappa shape index (κ3) is 8.56. The summed E-state index contributed by atoms with van der Waals surface area (Å²) in [4.78, 5) is 36.3. The Morgan fingerprint density at radius 2 is 1.80 bits per heavy atom. The fraction of sp³-hybridized carbons (Fsp3) is 0.722. The molecule has 0 radical (unpaired) electrons. The Morgan fingerprint density at radius 3 is 2.28 bits per heavy atom. The highest BCUT2D eigenvalue weighted by molar-refractivity contribution is 6.06. The second-order valence-electron chi connectivity index (χ2n) is 6.86. The summed E-state index contributed by atoms with van der Waals surface area (Å²) >= 11 is 0. The number of amides is 1. The topological polar surface area (TPSA) is 102 Å². The van der Waals surface area contributed by atoms with Gasteiger partial charge in [-0.25, -0.2) is 14.4 Å². The summed E-state index contributed by atoms with van der Waals surface area (Å²) in [6.07, 6.45) is 3.99. The number of unbranched alkanes of at least 4 members (excludes halogenated alkanes) is 3. The maximum atomic E-state index is 12.5. The zero-order chi connectivity index (χ0) is 19.5. The quantitative estimate of drug-likeness (QED) is 0.254. The van der Waals surface area contributed by atoms with Gasteiger partial charge in [-0.2, -0.15) is 0 Å². The van der Waals surface area contributed by atoms with Crippen LogP contribution < -0.4 is 5.32 Å². The van der Waals surface area contributed by atoms with Gasteiger partial charge in [0, 0.05) is 0 Å². The molecule has 1 atom stereocenters. The number of allylic oxidation sites excluding steroid dienone is 1. The number of hydrogen-bond acceptors (Lipinski definition) is 5. The molecule has 144 valence electrons. The summed E-state index contributed by atoms with van der Waals surface area (Å²) in [7, 11) is 0. The molecule has 0 aliphatic heterocycles. The molecule has 1 amide bonds. The predicted octanol–water partition coefficient (Wildman–Crippen LogP) is 3.42. The third-order valence-corrected chi connectivity index (χ3v) is 3.37. The van der Waals surface area contributed by atoms with Gasteiger partial charge in [0.05, 0.1) is 6.61 Å². The minimum atomic E-state index is -2.14. The average molecular weight is 357 g/mol. The molecule has 0 aromatic heterocycles. The van der Waals surface area contributed by atoms with Crippen molar-refractivity contribution in [3.63, 3.8) is 0 Å². The summed E-state index contributed by atoms with van der Waals surface area (Å²) in [6, 6.07) is 0. The van der Waals surface area contributed by atoms with E-state index >= 15 is 0 Å². The molecule has 2 N–H and O–H groups in total. The molecule has 0 saturated carbocycles. The first-order valence-corrected chi connectivity index (χ1v) is 8.61. The van der Waals surface area contributed by atoms with Crippen molar-refractivity contribution in [3.8, 4) is 0 Å². The van der Waals surface area contributed by atoms with Crippen LogP contribution in [0.15, 0.2) is 12.7 Å². The maximum absolute atomic E-state index is 12.5. The van der Waals surface area contributed by atoms with E-state index in [1.54, 1.807) is 26.8 Å². The third-order valence-electron chi connectivity index (χ3n) is 3.37. The Bertz CT molecular complexity index is 469. The van der Waals surface area contributed by atoms with Gasteiger partial charge in [-0.15, -0.1) is 6.58 Å². The lowest BCUT2D eigenvalue weighted by molar-refractivity contribution is -0.163. The van der Waals surface area contributed by atoms with E-state index in [1.165, 1.54) is 0 Å². The van der Waals surface area contributed by atoms with Crippen molar-refractivity contribution in [1.29, 1.82) is 0 Å². The van der Waals surface area contributed by atoms with Crippen molar-refractivity contribution in [2.45, 2.75) is 77.4 Å². The molecule has 0 fully saturated rings. The van der Waals surface area contributed by atoms with Gasteiger partial charge in [-0.05, 0) is 46.5 Å². The van der Waals surface area contributed by atoms with Gasteiger partial charge in [0.2, 0.25) is 5.54 Å². The number of rotatable bonds is 11. The molecule has 0 bridgehead atoms. The van der Waals surface area contributed by atoms with Crippen molar-refractivity contribution < 1.29 is 29.0 Å². The van der Waals surface area contributed by atoms with E-state index < -0.39 is 29.2 Å². The van der Waals surface area contributed by atoms with E-state index in [4.69, 9.17) is 9.47 Å². The van der Waals surface area contributed by atoms with E-state index in [0.29, 0.717) is 19.3 Å². The van der Waals surface area contributed by atoms with E-state index in [2.05, 4.69) is 11.9 Å². The lowest BCUT2D eigenvalue weighted by atomic mass is 9.92. The first kappa shape index (κ1) is 22.9. The minimum absolute atomic E-state index is 0.0659. The van der Waals surface area contributed by atoms with Crippen LogP contribution in [0, 0.1) is 0 Å². The van der Waals surface area contributed by atoms with Crippen LogP contribution in [-0.2, 0) is 19.1 Å². The Labute approximate surface area is 149 Å². The van der Waals surface area contributed by atoms with Gasteiger partial charge in [-0.3, -0.25) is 5.32 Å². The Balaban J connectivity index is 5.15. The normalized spacial score (nSPS) is 13.4. The monoisotopic (exact) mass is 357 g/mol. The molecule has 1 unspecified atom stereocenters. The molecule has 7 heteroatoms. The van der Waals surface area contributed by atoms with Crippen LogP contribution in [0.25, 0.3) is 0 Å². The highest BCUT2D eigenvalue weighted by Gasteiger charge is 2.49. The summed E-state index contributed by atoms with van der Waals surface area (Å²) in [5.74, 6) is -2.43. The lowest BCUT2D eigenvalue weighted by Crippen LogP contribution is -2.61. The molecule has 0 rings (SSSR count). The maximum Gasteiger partial charge on any atom is 0.409 e. The van der Waals surface area contributed by atoms with Gasteiger partial charge in [0.15, 0.2) is 0 Å². The molecule has 0 heterocycles. The molecule has 0 aromatic carbocycles. The Hall–Kier alpha value is -2.05. The van der Waals surface area contributed by atoms with Gasteiger partial charge < -0.3 is 14.6 Å². The van der Waals surface area contributed by atoms with Gasteiger partial charge in [0.1, 0.15) is 5.60 Å². The van der Waals surface area contributed by atoms with Crippen LogP contribution >= 0.6 is 0 Å². The predicted molar refractivity (Wildman–Crippen MR) is 94.3 cm³/mol. The average Bonchev–Trinajstić information content (AvgIpc) is 2.48. The number of esters is 1. The summed E-state index contributed by atoms with van der Waals surface area (Å²) in [5.41, 5.74) is -2.95. The van der Waals surface area contributed by atoms with Crippen LogP contribution in [0.1, 0.15) is 66.2 Å². The zero-order valence-electron chi connectivity index (χ0n) is 15.7. The Morgan fingerprint density at radius 1 is 1.16 bits per heavy atom. The fourth-order valence-corrected chi connectivity index (χ4v) is 2.06. The smallest absolute Gasteiger partial charge is 0.409 e. The molecule has 0 saturated heterocycles. The number of nitrogens with one attached hydrogen (secondary N) is 1. The molecule has 25 heavy (non-hydrogen) atoms. The van der Waals surface area contributed by atoms with Crippen molar-refractivity contribution in [1.82, 2.24) is 5.32 Å². The molecule has 7 nitrogen and oxygen atoms in total. The van der Waals surface area contributed by atoms with Crippen LogP contribution in [-0.4, -0.2) is 40.9 Å². The SMILES string of the molecule is C=CCCCCOC(=O)C(CCCC)(NC(=O)OC(C)(C)C)C(=O)O. The van der Waals surface area contributed by atoms with Crippen molar-refractivity contribution in [2.75, 3.05) is 6.61 Å². The highest BCUT2D eigenvalue weighted by atomic mass is 16.6. The van der Waals surface area contributed by atoms with E-state index in [1.807, 2.05) is 6.92 Å². The zero-order valence-corrected chi connectivity index (χ0v) is 15.7. The molecule has 0 aliphatic carbocycles. The van der Waals surface area contributed by atoms with Crippen molar-refractivity contribution in [3.05, 3.63) is 12.7 Å². The molecule has 0 aliphatic rings. The molecular formula is C18H31NO6. The fourth-order valence-electron chi connectivity index (χ4n) is 2.06. The standard InChI is InChI=1S/C18H31NO6/c1-6-8-10-11-13-24-15(22)18(14(20)21,12-9-7-2)19-16(23)25-17(3,4)5/h6H,1,7-13H2,2-5H3,(H,19,23)(H,20,21). The summed E-state index contributed by atoms with van der Waals surface area (Å²) < 4.78 is 10.2. The lowest BCUT2D eigenvalue weighted by Gasteiger charge is -2.29. The number of carboxylic acids is 1. The molecule has 0 aromatic rings. The number of aliphatic carboxylic acids is 1. The van der Waals surface area contributed by atoms with Crippen LogP contribution in [0.3, 0.4) is 0 Å².